The van der Waals surface area contributed by atoms with E-state index >= 15 is 0 Å². The summed E-state index contributed by atoms with van der Waals surface area (Å²) in [6.07, 6.45) is 0.987. The molecule has 2 unspecified atom stereocenters. The number of hydrogen-bond acceptors (Lipinski definition) is 5. The molecule has 2 atom stereocenters. The van der Waals surface area contributed by atoms with Crippen molar-refractivity contribution >= 4 is 5.96 Å². The van der Waals surface area contributed by atoms with Crippen LogP contribution in [0.25, 0.3) is 0 Å². The largest absolute Gasteiger partial charge is 0.497 e. The van der Waals surface area contributed by atoms with Gasteiger partial charge in [-0.05, 0) is 43.9 Å². The van der Waals surface area contributed by atoms with Crippen LogP contribution in [0.1, 0.15) is 38.7 Å². The Labute approximate surface area is 175 Å². The third-order valence-corrected chi connectivity index (χ3v) is 5.14. The number of benzene rings is 1. The summed E-state index contributed by atoms with van der Waals surface area (Å²) >= 11 is 0. The van der Waals surface area contributed by atoms with Crippen molar-refractivity contribution in [3.63, 3.8) is 0 Å². The van der Waals surface area contributed by atoms with Crippen LogP contribution in [0.15, 0.2) is 29.3 Å². The summed E-state index contributed by atoms with van der Waals surface area (Å²) in [7, 11) is 1.68. The van der Waals surface area contributed by atoms with Gasteiger partial charge in [0.15, 0.2) is 5.96 Å². The molecular weight excluding hydrogens is 368 g/mol. The number of guanidine groups is 1. The molecule has 1 aliphatic heterocycles. The smallest absolute Gasteiger partial charge is 0.191 e. The second-order valence-corrected chi connectivity index (χ2v) is 7.97. The zero-order valence-corrected chi connectivity index (χ0v) is 18.4. The SMILES string of the molecule is CCNC(=NCC(C)(O)CN1CCOCC1)NCCC(C)c1ccc(OC)cc1. The number of ether oxygens (including phenoxy) is 2. The number of β-amino-alcohol motifs (C(OH)–C–C–N with tert-alkyl or cyclic N) is 1. The number of nitrogens with one attached hydrogen (secondary N) is 2. The van der Waals surface area contributed by atoms with Gasteiger partial charge in [-0.1, -0.05) is 19.1 Å². The average Bonchev–Trinajstić information content (AvgIpc) is 2.72. The summed E-state index contributed by atoms with van der Waals surface area (Å²) < 4.78 is 10.6. The van der Waals surface area contributed by atoms with Gasteiger partial charge in [-0.2, -0.15) is 0 Å². The molecule has 29 heavy (non-hydrogen) atoms. The highest BCUT2D eigenvalue weighted by molar-refractivity contribution is 5.79. The van der Waals surface area contributed by atoms with Crippen molar-refractivity contribution in [2.24, 2.45) is 4.99 Å². The van der Waals surface area contributed by atoms with Crippen LogP contribution in [0.2, 0.25) is 0 Å². The second-order valence-electron chi connectivity index (χ2n) is 7.97. The topological polar surface area (TPSA) is 78.4 Å². The van der Waals surface area contributed by atoms with Crippen LogP contribution in [0.5, 0.6) is 5.75 Å². The molecule has 0 radical (unpaired) electrons. The molecule has 0 amide bonds. The monoisotopic (exact) mass is 406 g/mol. The predicted octanol–water partition coefficient (Wildman–Crippen LogP) is 1.83. The maximum Gasteiger partial charge on any atom is 0.191 e. The molecule has 1 aliphatic rings. The van der Waals surface area contributed by atoms with E-state index in [1.165, 1.54) is 5.56 Å². The Kier molecular flexibility index (Phi) is 9.70. The molecule has 0 aromatic heterocycles. The lowest BCUT2D eigenvalue weighted by atomic mass is 9.98. The number of nitrogens with zero attached hydrogens (tertiary/aromatic N) is 2. The Morgan fingerprint density at radius 2 is 1.97 bits per heavy atom. The fourth-order valence-electron chi connectivity index (χ4n) is 3.39. The lowest BCUT2D eigenvalue weighted by Gasteiger charge is -2.33. The lowest BCUT2D eigenvalue weighted by molar-refractivity contribution is -0.0179. The summed E-state index contributed by atoms with van der Waals surface area (Å²) in [4.78, 5) is 6.84. The van der Waals surface area contributed by atoms with Crippen LogP contribution >= 0.6 is 0 Å². The Bertz CT molecular complexity index is 613. The summed E-state index contributed by atoms with van der Waals surface area (Å²) in [5.74, 6) is 2.06. The third kappa shape index (κ3) is 8.60. The van der Waals surface area contributed by atoms with Crippen LogP contribution in [0, 0.1) is 0 Å². The van der Waals surface area contributed by atoms with Crippen molar-refractivity contribution in [3.8, 4) is 5.75 Å². The number of aliphatic imine (C=N–C) groups is 1. The van der Waals surface area contributed by atoms with Gasteiger partial charge in [-0.3, -0.25) is 9.89 Å². The van der Waals surface area contributed by atoms with Crippen LogP contribution in [0.4, 0.5) is 0 Å². The number of morpholine rings is 1. The first-order chi connectivity index (χ1) is 13.9. The number of methoxy groups -OCH3 is 1. The molecule has 1 aromatic rings. The summed E-state index contributed by atoms with van der Waals surface area (Å²) in [5.41, 5.74) is 0.429. The predicted molar refractivity (Wildman–Crippen MR) is 118 cm³/mol. The van der Waals surface area contributed by atoms with Crippen molar-refractivity contribution < 1.29 is 14.6 Å². The molecule has 1 fully saturated rings. The first-order valence-electron chi connectivity index (χ1n) is 10.6. The van der Waals surface area contributed by atoms with Crippen LogP contribution < -0.4 is 15.4 Å². The van der Waals surface area contributed by atoms with Crippen molar-refractivity contribution in [1.29, 1.82) is 0 Å². The highest BCUT2D eigenvalue weighted by Crippen LogP contribution is 2.21. The summed E-state index contributed by atoms with van der Waals surface area (Å²) in [5, 5.41) is 17.4. The van der Waals surface area contributed by atoms with E-state index in [-0.39, 0.29) is 0 Å². The zero-order valence-electron chi connectivity index (χ0n) is 18.4. The standard InChI is InChI=1S/C22H38N4O3/c1-5-23-21(25-16-22(3,27)17-26-12-14-29-15-13-26)24-11-10-18(2)19-6-8-20(28-4)9-7-19/h6-9,18,27H,5,10-17H2,1-4H3,(H2,23,24,25). The molecule has 0 bridgehead atoms. The van der Waals surface area contributed by atoms with Crippen molar-refractivity contribution in [2.45, 2.75) is 38.7 Å². The van der Waals surface area contributed by atoms with E-state index in [2.05, 4.69) is 39.6 Å². The van der Waals surface area contributed by atoms with E-state index in [1.54, 1.807) is 7.11 Å². The second kappa shape index (κ2) is 12.0. The van der Waals surface area contributed by atoms with E-state index in [0.29, 0.717) is 19.0 Å². The molecule has 0 saturated carbocycles. The summed E-state index contributed by atoms with van der Waals surface area (Å²) in [6, 6.07) is 8.24. The van der Waals surface area contributed by atoms with Gasteiger partial charge in [0.25, 0.3) is 0 Å². The highest BCUT2D eigenvalue weighted by atomic mass is 16.5. The summed E-state index contributed by atoms with van der Waals surface area (Å²) in [6.45, 7) is 11.9. The molecule has 1 saturated heterocycles. The normalized spacial score (nSPS) is 18.7. The zero-order chi connectivity index (χ0) is 21.1. The van der Waals surface area contributed by atoms with Crippen molar-refractivity contribution in [1.82, 2.24) is 15.5 Å². The molecule has 7 nitrogen and oxygen atoms in total. The van der Waals surface area contributed by atoms with Gasteiger partial charge >= 0.3 is 0 Å². The minimum Gasteiger partial charge on any atom is -0.497 e. The van der Waals surface area contributed by atoms with Gasteiger partial charge in [-0.15, -0.1) is 0 Å². The van der Waals surface area contributed by atoms with Crippen molar-refractivity contribution in [3.05, 3.63) is 29.8 Å². The number of hydrogen-bond donors (Lipinski definition) is 3. The maximum absolute atomic E-state index is 10.7. The molecular formula is C22H38N4O3. The molecule has 1 aromatic carbocycles. The Morgan fingerprint density at radius 3 is 2.59 bits per heavy atom. The highest BCUT2D eigenvalue weighted by Gasteiger charge is 2.25. The van der Waals surface area contributed by atoms with Gasteiger partial charge in [-0.25, -0.2) is 0 Å². The molecule has 7 heteroatoms. The van der Waals surface area contributed by atoms with Crippen molar-refractivity contribution in [2.75, 3.05) is 59.6 Å². The minimum atomic E-state index is -0.865. The Hall–Kier alpha value is -1.83. The van der Waals surface area contributed by atoms with Gasteiger partial charge in [0.2, 0.25) is 0 Å². The number of rotatable bonds is 10. The van der Waals surface area contributed by atoms with E-state index in [4.69, 9.17) is 9.47 Å². The molecule has 0 spiro atoms. The third-order valence-electron chi connectivity index (χ3n) is 5.14. The van der Waals surface area contributed by atoms with E-state index in [9.17, 15) is 5.11 Å². The van der Waals surface area contributed by atoms with E-state index < -0.39 is 5.60 Å². The van der Waals surface area contributed by atoms with Gasteiger partial charge < -0.3 is 25.2 Å². The molecule has 164 valence electrons. The fourth-order valence-corrected chi connectivity index (χ4v) is 3.39. The Morgan fingerprint density at radius 1 is 1.28 bits per heavy atom. The van der Waals surface area contributed by atoms with Crippen LogP contribution in [-0.4, -0.2) is 81.2 Å². The maximum atomic E-state index is 10.7. The quantitative estimate of drug-likeness (QED) is 0.406. The fraction of sp³-hybridized carbons (Fsp3) is 0.682. The van der Waals surface area contributed by atoms with Gasteiger partial charge in [0.05, 0.1) is 32.5 Å². The molecule has 1 heterocycles. The van der Waals surface area contributed by atoms with E-state index in [0.717, 1.165) is 57.5 Å². The Balaban J connectivity index is 1.81. The van der Waals surface area contributed by atoms with E-state index in [1.807, 2.05) is 26.0 Å². The molecule has 2 rings (SSSR count). The van der Waals surface area contributed by atoms with Gasteiger partial charge in [0.1, 0.15) is 5.75 Å². The lowest BCUT2D eigenvalue weighted by Crippen LogP contribution is -2.48. The minimum absolute atomic E-state index is 0.355. The van der Waals surface area contributed by atoms with Gasteiger partial charge in [0, 0.05) is 32.7 Å². The van der Waals surface area contributed by atoms with Crippen LogP contribution in [0.3, 0.4) is 0 Å². The number of aliphatic hydroxyl groups is 1. The average molecular weight is 407 g/mol. The molecule has 3 N–H and O–H groups in total. The molecule has 0 aliphatic carbocycles. The first-order valence-corrected chi connectivity index (χ1v) is 10.6. The van der Waals surface area contributed by atoms with Crippen LogP contribution in [-0.2, 0) is 4.74 Å². The first kappa shape index (κ1) is 23.4.